The zero-order valence-corrected chi connectivity index (χ0v) is 19.9. The van der Waals surface area contributed by atoms with E-state index in [4.69, 9.17) is 4.42 Å². The summed E-state index contributed by atoms with van der Waals surface area (Å²) >= 11 is 1.32. The molecule has 0 atom stereocenters. The van der Waals surface area contributed by atoms with E-state index < -0.39 is 10.0 Å². The minimum Gasteiger partial charge on any atom is -0.467 e. The number of hydrogen-bond acceptors (Lipinski definition) is 5. The highest BCUT2D eigenvalue weighted by atomic mass is 127. The molecule has 1 aliphatic heterocycles. The number of rotatable bonds is 7. The quantitative estimate of drug-likeness (QED) is 0.321. The molecule has 156 valence electrons. The first-order valence-corrected chi connectivity index (χ1v) is 11.5. The summed E-state index contributed by atoms with van der Waals surface area (Å²) in [7, 11) is -3.36. The Bertz CT molecular complexity index is 844. The third kappa shape index (κ3) is 6.19. The number of nitrogens with one attached hydrogen (secondary N) is 2. The van der Waals surface area contributed by atoms with Crippen molar-refractivity contribution in [3.05, 3.63) is 41.2 Å². The number of thiophene rings is 1. The third-order valence-electron chi connectivity index (χ3n) is 4.29. The average molecular weight is 538 g/mol. The number of halogens is 1. The molecule has 0 radical (unpaired) electrons. The maximum absolute atomic E-state index is 12.7. The normalized spacial score (nSPS) is 15.8. The van der Waals surface area contributed by atoms with Crippen LogP contribution in [0.4, 0.5) is 0 Å². The fourth-order valence-corrected chi connectivity index (χ4v) is 5.86. The zero-order chi connectivity index (χ0) is 19.1. The molecule has 2 aromatic rings. The Morgan fingerprint density at radius 2 is 2.00 bits per heavy atom. The molecule has 0 aromatic carbocycles. The molecule has 0 bridgehead atoms. The van der Waals surface area contributed by atoms with E-state index in [2.05, 4.69) is 15.6 Å². The largest absolute Gasteiger partial charge is 0.467 e. The SMILES string of the molecule is CCNC(=NCc1ccco1)NCc1ccc(S(=O)(=O)N2CCCCC2)s1.I. The summed E-state index contributed by atoms with van der Waals surface area (Å²) in [6.45, 7) is 4.95. The Hall–Kier alpha value is -1.11. The van der Waals surface area contributed by atoms with Crippen molar-refractivity contribution in [3.8, 4) is 0 Å². The highest BCUT2D eigenvalue weighted by Crippen LogP contribution is 2.27. The van der Waals surface area contributed by atoms with Crippen molar-refractivity contribution in [2.45, 2.75) is 43.5 Å². The van der Waals surface area contributed by atoms with Crippen LogP contribution in [-0.2, 0) is 23.1 Å². The molecular formula is C18H27IN4O3S2. The van der Waals surface area contributed by atoms with E-state index in [1.165, 1.54) is 11.3 Å². The van der Waals surface area contributed by atoms with Gasteiger partial charge >= 0.3 is 0 Å². The van der Waals surface area contributed by atoms with Gasteiger partial charge in [0.15, 0.2) is 5.96 Å². The number of furan rings is 1. The Morgan fingerprint density at radius 1 is 1.21 bits per heavy atom. The van der Waals surface area contributed by atoms with Crippen molar-refractivity contribution in [2.75, 3.05) is 19.6 Å². The van der Waals surface area contributed by atoms with Crippen LogP contribution in [0.25, 0.3) is 0 Å². The van der Waals surface area contributed by atoms with Crippen LogP contribution in [0.15, 0.2) is 44.1 Å². The predicted molar refractivity (Wildman–Crippen MR) is 123 cm³/mol. The lowest BCUT2D eigenvalue weighted by Crippen LogP contribution is -2.36. The standard InChI is InChI=1S/C18H26N4O3S2.HI/c1-2-19-18(20-13-15-7-6-12-25-15)21-14-16-8-9-17(26-16)27(23,24)22-10-4-3-5-11-22;/h6-9,12H,2-5,10-11,13-14H2,1H3,(H2,19,20,21);1H. The highest BCUT2D eigenvalue weighted by molar-refractivity contribution is 14.0. The Balaban J connectivity index is 0.00000280. The van der Waals surface area contributed by atoms with Gasteiger partial charge in [0.25, 0.3) is 10.0 Å². The van der Waals surface area contributed by atoms with Crippen molar-refractivity contribution in [1.29, 1.82) is 0 Å². The molecule has 0 unspecified atom stereocenters. The molecule has 1 saturated heterocycles. The van der Waals surface area contributed by atoms with E-state index in [1.807, 2.05) is 25.1 Å². The molecule has 3 heterocycles. The molecule has 0 aliphatic carbocycles. The first-order chi connectivity index (χ1) is 13.1. The zero-order valence-electron chi connectivity index (χ0n) is 15.9. The van der Waals surface area contributed by atoms with E-state index in [0.717, 1.165) is 36.4 Å². The smallest absolute Gasteiger partial charge is 0.252 e. The number of sulfonamides is 1. The second-order valence-corrected chi connectivity index (χ2v) is 9.65. The van der Waals surface area contributed by atoms with Crippen LogP contribution in [0.5, 0.6) is 0 Å². The Morgan fingerprint density at radius 3 is 2.68 bits per heavy atom. The van der Waals surface area contributed by atoms with Crippen LogP contribution >= 0.6 is 35.3 Å². The minimum absolute atomic E-state index is 0. The summed E-state index contributed by atoms with van der Waals surface area (Å²) in [4.78, 5) is 5.43. The van der Waals surface area contributed by atoms with Gasteiger partial charge in [-0.3, -0.25) is 0 Å². The number of piperidine rings is 1. The van der Waals surface area contributed by atoms with Crippen molar-refractivity contribution < 1.29 is 12.8 Å². The molecule has 10 heteroatoms. The Labute approximate surface area is 187 Å². The fraction of sp³-hybridized carbons (Fsp3) is 0.500. The molecule has 1 aliphatic rings. The van der Waals surface area contributed by atoms with Crippen molar-refractivity contribution in [3.63, 3.8) is 0 Å². The molecule has 0 amide bonds. The summed E-state index contributed by atoms with van der Waals surface area (Å²) in [5.41, 5.74) is 0. The molecule has 0 spiro atoms. The van der Waals surface area contributed by atoms with Crippen LogP contribution < -0.4 is 10.6 Å². The van der Waals surface area contributed by atoms with E-state index >= 15 is 0 Å². The summed E-state index contributed by atoms with van der Waals surface area (Å²) in [6.07, 6.45) is 4.62. The summed E-state index contributed by atoms with van der Waals surface area (Å²) < 4.78 is 32.8. The molecule has 1 fully saturated rings. The van der Waals surface area contributed by atoms with Crippen LogP contribution in [-0.4, -0.2) is 38.3 Å². The molecule has 7 nitrogen and oxygen atoms in total. The second kappa shape index (κ2) is 11.2. The summed E-state index contributed by atoms with van der Waals surface area (Å²) in [5.74, 6) is 1.46. The summed E-state index contributed by atoms with van der Waals surface area (Å²) in [5, 5.41) is 6.42. The maximum atomic E-state index is 12.7. The second-order valence-electron chi connectivity index (χ2n) is 6.31. The first kappa shape index (κ1) is 23.2. The number of hydrogen-bond donors (Lipinski definition) is 2. The van der Waals surface area contributed by atoms with Gasteiger partial charge in [-0.25, -0.2) is 13.4 Å². The molecular weight excluding hydrogens is 511 g/mol. The molecule has 28 heavy (non-hydrogen) atoms. The van der Waals surface area contributed by atoms with E-state index in [-0.39, 0.29) is 24.0 Å². The van der Waals surface area contributed by atoms with Crippen LogP contribution in [0.3, 0.4) is 0 Å². The summed E-state index contributed by atoms with van der Waals surface area (Å²) in [6, 6.07) is 7.29. The van der Waals surface area contributed by atoms with Crippen LogP contribution in [0.2, 0.25) is 0 Å². The van der Waals surface area contributed by atoms with E-state index in [0.29, 0.717) is 36.3 Å². The lowest BCUT2D eigenvalue weighted by Gasteiger charge is -2.25. The van der Waals surface area contributed by atoms with Gasteiger partial charge in [-0.2, -0.15) is 4.31 Å². The monoisotopic (exact) mass is 538 g/mol. The third-order valence-corrected chi connectivity index (χ3v) is 7.74. The van der Waals surface area contributed by atoms with Crippen molar-refractivity contribution in [2.24, 2.45) is 4.99 Å². The number of nitrogens with zero attached hydrogens (tertiary/aromatic N) is 2. The van der Waals surface area contributed by atoms with Gasteiger partial charge in [0.05, 0.1) is 12.8 Å². The van der Waals surface area contributed by atoms with Gasteiger partial charge in [0, 0.05) is 24.5 Å². The van der Waals surface area contributed by atoms with Gasteiger partial charge < -0.3 is 15.1 Å². The minimum atomic E-state index is -3.36. The topological polar surface area (TPSA) is 86.9 Å². The molecule has 3 rings (SSSR count). The van der Waals surface area contributed by atoms with Crippen LogP contribution in [0, 0.1) is 0 Å². The van der Waals surface area contributed by atoms with Crippen molar-refractivity contribution in [1.82, 2.24) is 14.9 Å². The average Bonchev–Trinajstić information content (AvgIpc) is 3.37. The first-order valence-electron chi connectivity index (χ1n) is 9.23. The van der Waals surface area contributed by atoms with E-state index in [1.54, 1.807) is 16.6 Å². The predicted octanol–water partition coefficient (Wildman–Crippen LogP) is 3.39. The van der Waals surface area contributed by atoms with Gasteiger partial charge in [-0.1, -0.05) is 6.42 Å². The molecule has 2 N–H and O–H groups in total. The lowest BCUT2D eigenvalue weighted by molar-refractivity contribution is 0.347. The fourth-order valence-electron chi connectivity index (χ4n) is 2.90. The van der Waals surface area contributed by atoms with E-state index in [9.17, 15) is 8.42 Å². The van der Waals surface area contributed by atoms with Crippen LogP contribution in [0.1, 0.15) is 36.8 Å². The van der Waals surface area contributed by atoms with Gasteiger partial charge in [-0.15, -0.1) is 35.3 Å². The Kier molecular flexibility index (Phi) is 9.25. The number of aliphatic imine (C=N–C) groups is 1. The molecule has 2 aromatic heterocycles. The van der Waals surface area contributed by atoms with Crippen molar-refractivity contribution >= 4 is 51.3 Å². The lowest BCUT2D eigenvalue weighted by atomic mass is 10.2. The maximum Gasteiger partial charge on any atom is 0.252 e. The highest BCUT2D eigenvalue weighted by Gasteiger charge is 2.27. The molecule has 0 saturated carbocycles. The number of guanidine groups is 1. The van der Waals surface area contributed by atoms with Gasteiger partial charge in [0.1, 0.15) is 16.5 Å². The van der Waals surface area contributed by atoms with Gasteiger partial charge in [0.2, 0.25) is 0 Å². The van der Waals surface area contributed by atoms with Gasteiger partial charge in [-0.05, 0) is 44.0 Å².